The second kappa shape index (κ2) is 8.81. The van der Waals surface area contributed by atoms with Gasteiger partial charge in [-0.05, 0) is 56.9 Å². The number of aryl methyl sites for hydroxylation is 1. The predicted molar refractivity (Wildman–Crippen MR) is 130 cm³/mol. The van der Waals surface area contributed by atoms with E-state index in [4.69, 9.17) is 19.4 Å². The van der Waals surface area contributed by atoms with Crippen LogP contribution in [0.2, 0.25) is 0 Å². The molecule has 0 aromatic carbocycles. The molecule has 2 saturated heterocycles. The van der Waals surface area contributed by atoms with Crippen molar-refractivity contribution in [3.05, 3.63) is 42.4 Å². The Labute approximate surface area is 198 Å². The van der Waals surface area contributed by atoms with E-state index < -0.39 is 0 Å². The third kappa shape index (κ3) is 3.65. The molecule has 0 radical (unpaired) electrons. The number of aromatic amines is 1. The van der Waals surface area contributed by atoms with Crippen molar-refractivity contribution in [1.82, 2.24) is 29.9 Å². The van der Waals surface area contributed by atoms with Gasteiger partial charge in [0.05, 0.1) is 36.8 Å². The van der Waals surface area contributed by atoms with Gasteiger partial charge < -0.3 is 14.4 Å². The first-order chi connectivity index (χ1) is 16.7. The molecular weight excluding hydrogens is 430 g/mol. The third-order valence-corrected chi connectivity index (χ3v) is 6.82. The van der Waals surface area contributed by atoms with Gasteiger partial charge in [0.25, 0.3) is 0 Å². The Balaban J connectivity index is 1.57. The van der Waals surface area contributed by atoms with Crippen molar-refractivity contribution < 1.29 is 9.47 Å². The Morgan fingerprint density at radius 3 is 2.88 bits per heavy atom. The highest BCUT2D eigenvalue weighted by Gasteiger charge is 2.25. The van der Waals surface area contributed by atoms with E-state index in [1.165, 1.54) is 0 Å². The van der Waals surface area contributed by atoms with Crippen molar-refractivity contribution in [3.63, 3.8) is 0 Å². The van der Waals surface area contributed by atoms with Crippen LogP contribution in [0, 0.1) is 6.92 Å². The molecule has 2 fully saturated rings. The van der Waals surface area contributed by atoms with E-state index in [1.807, 2.05) is 35.4 Å². The van der Waals surface area contributed by atoms with Gasteiger partial charge in [0, 0.05) is 36.5 Å². The number of morpholine rings is 1. The first-order valence-electron chi connectivity index (χ1n) is 12.0. The molecule has 0 spiro atoms. The summed E-state index contributed by atoms with van der Waals surface area (Å²) in [6.07, 6.45) is 8.63. The quantitative estimate of drug-likeness (QED) is 0.491. The molecule has 0 saturated carbocycles. The number of nitrogens with one attached hydrogen (secondary N) is 1. The van der Waals surface area contributed by atoms with Crippen molar-refractivity contribution in [2.24, 2.45) is 0 Å². The summed E-state index contributed by atoms with van der Waals surface area (Å²) in [7, 11) is 0. The van der Waals surface area contributed by atoms with Crippen LogP contribution < -0.4 is 4.90 Å². The second-order valence-corrected chi connectivity index (χ2v) is 9.11. The first-order valence-corrected chi connectivity index (χ1v) is 12.0. The number of fused-ring (bicyclic) bond motifs is 1. The number of nitrogens with zero attached hydrogens (tertiary/aromatic N) is 6. The summed E-state index contributed by atoms with van der Waals surface area (Å²) in [4.78, 5) is 12.3. The SMILES string of the molecule is Cc1cn[nH]c1-c1cc(N2CCOC[C@H]2C)nc2c(-c3ccnn3C3CCCCO3)nccc12. The van der Waals surface area contributed by atoms with Gasteiger partial charge in [0.15, 0.2) is 6.23 Å². The van der Waals surface area contributed by atoms with Crippen LogP contribution in [0.15, 0.2) is 36.8 Å². The second-order valence-electron chi connectivity index (χ2n) is 9.11. The van der Waals surface area contributed by atoms with Gasteiger partial charge >= 0.3 is 0 Å². The van der Waals surface area contributed by atoms with E-state index in [1.54, 1.807) is 0 Å². The van der Waals surface area contributed by atoms with Gasteiger partial charge in [-0.15, -0.1) is 0 Å². The minimum absolute atomic E-state index is 0.0763. The van der Waals surface area contributed by atoms with Crippen LogP contribution >= 0.6 is 0 Å². The molecule has 0 aliphatic carbocycles. The summed E-state index contributed by atoms with van der Waals surface area (Å²) in [6.45, 7) is 7.17. The van der Waals surface area contributed by atoms with E-state index in [0.717, 1.165) is 77.3 Å². The van der Waals surface area contributed by atoms with Crippen LogP contribution in [0.1, 0.15) is 38.0 Å². The number of ether oxygens (including phenoxy) is 2. The Hall–Kier alpha value is -3.30. The Bertz CT molecular complexity index is 1310. The number of rotatable bonds is 4. The molecule has 4 aromatic heterocycles. The van der Waals surface area contributed by atoms with E-state index in [9.17, 15) is 0 Å². The predicted octanol–water partition coefficient (Wildman–Crippen LogP) is 4.12. The molecule has 2 aliphatic rings. The van der Waals surface area contributed by atoms with Crippen molar-refractivity contribution >= 4 is 16.7 Å². The number of aromatic nitrogens is 6. The van der Waals surface area contributed by atoms with Crippen LogP contribution in [0.4, 0.5) is 5.82 Å². The standard InChI is InChI=1S/C25H29N7O2/c1-16-14-27-30-23(16)19-13-21(31-10-12-33-15-17(31)2)29-24-18(19)6-8-26-25(24)20-7-9-28-32(20)22-5-3-4-11-34-22/h6-9,13-14,17,22H,3-5,10-12,15H2,1-2H3,(H,27,30)/t17-,22?/m1/s1. The highest BCUT2D eigenvalue weighted by Crippen LogP contribution is 2.37. The normalized spacial score (nSPS) is 21.3. The van der Waals surface area contributed by atoms with Crippen molar-refractivity contribution in [2.75, 3.05) is 31.3 Å². The molecule has 1 unspecified atom stereocenters. The van der Waals surface area contributed by atoms with Gasteiger partial charge in [-0.3, -0.25) is 10.1 Å². The molecular formula is C25H29N7O2. The monoisotopic (exact) mass is 459 g/mol. The Morgan fingerprint density at radius 1 is 1.15 bits per heavy atom. The maximum absolute atomic E-state index is 6.04. The van der Waals surface area contributed by atoms with E-state index in [-0.39, 0.29) is 12.3 Å². The molecule has 6 heterocycles. The summed E-state index contributed by atoms with van der Waals surface area (Å²) < 4.78 is 13.7. The molecule has 1 N–H and O–H groups in total. The number of hydrogen-bond donors (Lipinski definition) is 1. The first kappa shape index (κ1) is 21.2. The molecule has 34 heavy (non-hydrogen) atoms. The minimum atomic E-state index is -0.0763. The lowest BCUT2D eigenvalue weighted by atomic mass is 10.0. The van der Waals surface area contributed by atoms with Gasteiger partial charge in [-0.25, -0.2) is 9.67 Å². The van der Waals surface area contributed by atoms with E-state index >= 15 is 0 Å². The van der Waals surface area contributed by atoms with Gasteiger partial charge in [0.2, 0.25) is 0 Å². The third-order valence-electron chi connectivity index (χ3n) is 6.82. The summed E-state index contributed by atoms with van der Waals surface area (Å²) in [5, 5.41) is 13.1. The lowest BCUT2D eigenvalue weighted by Gasteiger charge is -2.34. The number of pyridine rings is 2. The maximum Gasteiger partial charge on any atom is 0.150 e. The zero-order chi connectivity index (χ0) is 23.1. The van der Waals surface area contributed by atoms with Crippen LogP contribution in [-0.2, 0) is 9.47 Å². The van der Waals surface area contributed by atoms with Crippen LogP contribution in [-0.4, -0.2) is 62.4 Å². The lowest BCUT2D eigenvalue weighted by Crippen LogP contribution is -2.44. The largest absolute Gasteiger partial charge is 0.377 e. The van der Waals surface area contributed by atoms with E-state index in [0.29, 0.717) is 13.2 Å². The van der Waals surface area contributed by atoms with Crippen LogP contribution in [0.3, 0.4) is 0 Å². The fourth-order valence-electron chi connectivity index (χ4n) is 5.01. The van der Waals surface area contributed by atoms with Gasteiger partial charge in [-0.2, -0.15) is 10.2 Å². The summed E-state index contributed by atoms with van der Waals surface area (Å²) in [6, 6.07) is 6.43. The zero-order valence-corrected chi connectivity index (χ0v) is 19.6. The summed E-state index contributed by atoms with van der Waals surface area (Å²) in [5.74, 6) is 0.918. The van der Waals surface area contributed by atoms with Crippen molar-refractivity contribution in [1.29, 1.82) is 0 Å². The van der Waals surface area contributed by atoms with Crippen molar-refractivity contribution in [2.45, 2.75) is 45.4 Å². The zero-order valence-electron chi connectivity index (χ0n) is 19.6. The highest BCUT2D eigenvalue weighted by atomic mass is 16.5. The minimum Gasteiger partial charge on any atom is -0.377 e. The molecule has 2 aliphatic heterocycles. The van der Waals surface area contributed by atoms with Crippen LogP contribution in [0.5, 0.6) is 0 Å². The fraction of sp³-hybridized carbons (Fsp3) is 0.440. The number of H-pyrrole nitrogens is 1. The Morgan fingerprint density at radius 2 is 2.09 bits per heavy atom. The van der Waals surface area contributed by atoms with Gasteiger partial charge in [0.1, 0.15) is 17.0 Å². The molecule has 4 aromatic rings. The van der Waals surface area contributed by atoms with Crippen molar-refractivity contribution in [3.8, 4) is 22.6 Å². The Kier molecular flexibility index (Phi) is 5.50. The average Bonchev–Trinajstić information content (AvgIpc) is 3.53. The molecule has 2 atom stereocenters. The number of hydrogen-bond acceptors (Lipinski definition) is 7. The molecule has 6 rings (SSSR count). The topological polar surface area (TPSA) is 94.0 Å². The summed E-state index contributed by atoms with van der Waals surface area (Å²) in [5.41, 5.74) is 5.73. The van der Waals surface area contributed by atoms with Gasteiger partial charge in [-0.1, -0.05) is 0 Å². The smallest absolute Gasteiger partial charge is 0.150 e. The molecule has 9 heteroatoms. The molecule has 9 nitrogen and oxygen atoms in total. The lowest BCUT2D eigenvalue weighted by molar-refractivity contribution is -0.0383. The number of anilines is 1. The fourth-order valence-corrected chi connectivity index (χ4v) is 5.01. The maximum atomic E-state index is 6.04. The highest BCUT2D eigenvalue weighted by molar-refractivity contribution is 6.01. The molecule has 176 valence electrons. The van der Waals surface area contributed by atoms with Crippen LogP contribution in [0.25, 0.3) is 33.5 Å². The van der Waals surface area contributed by atoms with E-state index in [2.05, 4.69) is 40.1 Å². The molecule has 0 bridgehead atoms. The average molecular weight is 460 g/mol. The summed E-state index contributed by atoms with van der Waals surface area (Å²) >= 11 is 0. The molecule has 0 amide bonds.